The minimum atomic E-state index is -0.429. The van der Waals surface area contributed by atoms with Crippen LogP contribution in [0.15, 0.2) is 67.6 Å². The van der Waals surface area contributed by atoms with Gasteiger partial charge in [0.1, 0.15) is 11.7 Å². The minimum absolute atomic E-state index is 0.204. The van der Waals surface area contributed by atoms with E-state index < -0.39 is 6.04 Å². The molecule has 4 aromatic rings. The molecule has 368 valence electrons. The molecule has 1 spiro atoms. The van der Waals surface area contributed by atoms with Gasteiger partial charge in [0.25, 0.3) is 0 Å². The molecule has 2 aliphatic carbocycles. The normalized spacial score (nSPS) is 20.1. The van der Waals surface area contributed by atoms with Crippen LogP contribution in [0.5, 0.6) is 0 Å². The highest BCUT2D eigenvalue weighted by atomic mass is 16.2. The lowest BCUT2D eigenvalue weighted by Gasteiger charge is -2.60. The van der Waals surface area contributed by atoms with Crippen molar-refractivity contribution in [2.75, 3.05) is 88.1 Å². The Morgan fingerprint density at radius 2 is 1.56 bits per heavy atom. The predicted molar refractivity (Wildman–Crippen MR) is 280 cm³/mol. The topological polar surface area (TPSA) is 116 Å². The third kappa shape index (κ3) is 12.7. The fourth-order valence-corrected chi connectivity index (χ4v) is 11.7. The van der Waals surface area contributed by atoms with E-state index in [4.69, 9.17) is 4.98 Å². The summed E-state index contributed by atoms with van der Waals surface area (Å²) < 4.78 is 0. The molecule has 2 aromatic carbocycles. The number of likely N-dealkylation sites (tertiary alicyclic amines) is 1. The molecule has 3 aliphatic heterocycles. The van der Waals surface area contributed by atoms with Crippen LogP contribution < -0.4 is 20.4 Å². The molecule has 0 radical (unpaired) electrons. The second-order valence-electron chi connectivity index (χ2n) is 21.2. The monoisotopic (exact) mass is 927 g/mol. The summed E-state index contributed by atoms with van der Waals surface area (Å²) in [6, 6.07) is 15.2. The Hall–Kier alpha value is -4.78. The Balaban J connectivity index is 0.000000966. The van der Waals surface area contributed by atoms with E-state index in [-0.39, 0.29) is 11.8 Å². The van der Waals surface area contributed by atoms with Crippen molar-refractivity contribution >= 4 is 40.2 Å². The summed E-state index contributed by atoms with van der Waals surface area (Å²) in [5.74, 6) is 1.74. The van der Waals surface area contributed by atoms with Gasteiger partial charge >= 0.3 is 0 Å². The van der Waals surface area contributed by atoms with Crippen molar-refractivity contribution in [3.63, 3.8) is 0 Å². The Morgan fingerprint density at radius 3 is 2.22 bits per heavy atom. The van der Waals surface area contributed by atoms with Crippen molar-refractivity contribution in [3.05, 3.63) is 78.8 Å². The molecule has 5 heterocycles. The molecule has 3 N–H and O–H groups in total. The number of piperidine rings is 1. The van der Waals surface area contributed by atoms with Gasteiger partial charge in [0.05, 0.1) is 11.4 Å². The van der Waals surface area contributed by atoms with Gasteiger partial charge in [-0.15, -0.1) is 0 Å². The first-order valence-corrected chi connectivity index (χ1v) is 26.5. The number of hydrogen-bond acceptors (Lipinski definition) is 10. The Morgan fingerprint density at radius 1 is 0.868 bits per heavy atom. The van der Waals surface area contributed by atoms with Gasteiger partial charge in [-0.05, 0) is 97.3 Å². The molecule has 1 unspecified atom stereocenters. The molecule has 1 atom stereocenters. The van der Waals surface area contributed by atoms with Gasteiger partial charge in [-0.3, -0.25) is 19.8 Å². The van der Waals surface area contributed by atoms with E-state index in [2.05, 4.69) is 109 Å². The fraction of sp³-hybridized carbons (Fsp3) is 0.607. The largest absolute Gasteiger partial charge is 0.376 e. The number of hydrogen-bond donors (Lipinski definition) is 3. The number of nitrogens with zero attached hydrogens (tertiary/aromatic N) is 7. The van der Waals surface area contributed by atoms with E-state index in [0.29, 0.717) is 30.1 Å². The molecule has 3 saturated heterocycles. The van der Waals surface area contributed by atoms with E-state index >= 15 is 0 Å². The highest BCUT2D eigenvalue weighted by Crippen LogP contribution is 2.52. The lowest BCUT2D eigenvalue weighted by molar-refractivity contribution is -0.134. The van der Waals surface area contributed by atoms with E-state index in [9.17, 15) is 9.59 Å². The number of aromatic nitrogens is 3. The summed E-state index contributed by atoms with van der Waals surface area (Å²) >= 11 is 0. The van der Waals surface area contributed by atoms with Gasteiger partial charge in [0.2, 0.25) is 17.8 Å². The van der Waals surface area contributed by atoms with Crippen molar-refractivity contribution in [2.45, 2.75) is 129 Å². The molecule has 2 saturated carbocycles. The number of H-pyrrole nitrogens is 1. The predicted octanol–water partition coefficient (Wildman–Crippen LogP) is 9.88. The lowest BCUT2D eigenvalue weighted by Crippen LogP contribution is -2.63. The van der Waals surface area contributed by atoms with Gasteiger partial charge in [-0.2, -0.15) is 4.98 Å². The Kier molecular flexibility index (Phi) is 17.3. The minimum Gasteiger partial charge on any atom is -0.376 e. The summed E-state index contributed by atoms with van der Waals surface area (Å²) in [7, 11) is 4.07. The molecule has 5 aliphatic rings. The van der Waals surface area contributed by atoms with Crippen LogP contribution in [0, 0.1) is 17.3 Å². The maximum atomic E-state index is 12.6. The molecule has 12 nitrogen and oxygen atoms in total. The molecule has 9 rings (SSSR count). The fourth-order valence-electron chi connectivity index (χ4n) is 11.7. The standard InChI is InChI=1S/C50H70N10O2.C6H12/c1-6-36(7-2)29-52-49-53-31-42-41(30-51-47(42)55-49)40-16-13-38(14-17-40)32-57-22-24-58(25-23-57)33-39-27-50(28-39)34-59(35-50)21-11-9-10-12-37-15-18-43(45(26-37)56(4)5)60(8-3)44-19-20-46(61)54-48(44)62;1-2-4-6-5-3-1/h8,13-18,26,30-31,36,39,44H,3,6-7,9-12,19-25,27-29,32-35H2,1-2,4-5H3,(H,54,61,62)(H2,51,52,53,55);1-6H2. The summed E-state index contributed by atoms with van der Waals surface area (Å²) in [5, 5.41) is 6.97. The number of carbonyl (C=O) groups excluding carboxylic acids is 2. The summed E-state index contributed by atoms with van der Waals surface area (Å²) in [5.41, 5.74) is 8.51. The highest BCUT2D eigenvalue weighted by Gasteiger charge is 2.51. The van der Waals surface area contributed by atoms with E-state index in [0.717, 1.165) is 79.3 Å². The van der Waals surface area contributed by atoms with Crippen molar-refractivity contribution < 1.29 is 9.59 Å². The molecule has 2 amide bonds. The number of amides is 2. The molecule has 0 bridgehead atoms. The van der Waals surface area contributed by atoms with Gasteiger partial charge < -0.3 is 29.9 Å². The SMILES string of the molecule is C1CCCCC1.C=CN(c1ccc(CCCCCN2CC3(CC(CN4CCN(Cc5ccc(-c6c[nH]c7nc(NCC(CC)CC)ncc67)cc5)CC4)C3)C2)cc1N(C)C)C1CCC(=O)NC1=O. The summed E-state index contributed by atoms with van der Waals surface area (Å²) in [6.45, 7) is 20.1. The number of fused-ring (bicyclic) bond motifs is 1. The number of aromatic amines is 1. The maximum Gasteiger partial charge on any atom is 0.249 e. The number of aryl methyl sites for hydroxylation is 1. The van der Waals surface area contributed by atoms with Crippen LogP contribution in [0.2, 0.25) is 0 Å². The number of anilines is 3. The zero-order chi connectivity index (χ0) is 47.5. The molecule has 5 fully saturated rings. The zero-order valence-corrected chi connectivity index (χ0v) is 42.0. The van der Waals surface area contributed by atoms with Crippen molar-refractivity contribution in [1.82, 2.24) is 35.0 Å². The van der Waals surface area contributed by atoms with Crippen LogP contribution in [0.4, 0.5) is 17.3 Å². The van der Waals surface area contributed by atoms with Crippen molar-refractivity contribution in [3.8, 4) is 11.1 Å². The number of carbonyl (C=O) groups is 2. The number of imide groups is 1. The number of piperazine rings is 1. The highest BCUT2D eigenvalue weighted by molar-refractivity contribution is 6.02. The quantitative estimate of drug-likeness (QED) is 0.0585. The number of nitrogens with one attached hydrogen (secondary N) is 3. The van der Waals surface area contributed by atoms with Crippen molar-refractivity contribution in [2.24, 2.45) is 17.3 Å². The number of benzene rings is 2. The van der Waals surface area contributed by atoms with Crippen LogP contribution in [-0.2, 0) is 22.6 Å². The third-order valence-electron chi connectivity index (χ3n) is 15.8. The van der Waals surface area contributed by atoms with Gasteiger partial charge in [0.15, 0.2) is 0 Å². The molecule has 68 heavy (non-hydrogen) atoms. The number of rotatable bonds is 20. The molecule has 12 heteroatoms. The molecular weight excluding hydrogens is 845 g/mol. The second-order valence-corrected chi connectivity index (χ2v) is 21.2. The van der Waals surface area contributed by atoms with Crippen molar-refractivity contribution in [1.29, 1.82) is 0 Å². The second kappa shape index (κ2) is 23.7. The van der Waals surface area contributed by atoms with Gasteiger partial charge in [0, 0.05) is 103 Å². The van der Waals surface area contributed by atoms with Crippen LogP contribution >= 0.6 is 0 Å². The van der Waals surface area contributed by atoms with Crippen LogP contribution in [0.3, 0.4) is 0 Å². The van der Waals surface area contributed by atoms with E-state index in [1.165, 1.54) is 127 Å². The summed E-state index contributed by atoms with van der Waals surface area (Å²) in [6.07, 6.45) is 25.4. The average Bonchev–Trinajstić information content (AvgIpc) is 3.76. The maximum absolute atomic E-state index is 12.6. The molecule has 2 aromatic heterocycles. The smallest absolute Gasteiger partial charge is 0.249 e. The third-order valence-corrected chi connectivity index (χ3v) is 15.8. The first-order valence-electron chi connectivity index (χ1n) is 26.5. The van der Waals surface area contributed by atoms with Crippen LogP contribution in [0.25, 0.3) is 22.2 Å². The molecular formula is C56H82N10O2. The Labute approximate surface area is 407 Å². The summed E-state index contributed by atoms with van der Waals surface area (Å²) in [4.78, 5) is 49.2. The average molecular weight is 927 g/mol. The van der Waals surface area contributed by atoms with Gasteiger partial charge in [-0.1, -0.05) is 109 Å². The van der Waals surface area contributed by atoms with E-state index in [1.807, 2.05) is 25.2 Å². The number of unbranched alkanes of at least 4 members (excludes halogenated alkanes) is 2. The van der Waals surface area contributed by atoms with Gasteiger partial charge in [-0.25, -0.2) is 4.98 Å². The zero-order valence-electron chi connectivity index (χ0n) is 42.0. The van der Waals surface area contributed by atoms with Crippen LogP contribution in [0.1, 0.15) is 121 Å². The van der Waals surface area contributed by atoms with Crippen LogP contribution in [-0.4, -0.2) is 121 Å². The first kappa shape index (κ1) is 49.6. The first-order chi connectivity index (χ1) is 33.1. The van der Waals surface area contributed by atoms with E-state index in [1.54, 1.807) is 6.20 Å². The Bertz CT molecular complexity index is 2230. The lowest BCUT2D eigenvalue weighted by atomic mass is 9.57.